The summed E-state index contributed by atoms with van der Waals surface area (Å²) < 4.78 is 0. The Morgan fingerprint density at radius 2 is 2.19 bits per heavy atom. The van der Waals surface area contributed by atoms with Crippen LogP contribution in [0.4, 0.5) is 5.69 Å². The minimum Gasteiger partial charge on any atom is -0.406 e. The SMILES string of the molecule is [C-]#[N+][C@@H]1CCCN1C([CH2-])=O.[C-]#[N+]c1cc[c-]nc1.[CH3-].[W+2].[Y]. The summed E-state index contributed by atoms with van der Waals surface area (Å²) in [5.41, 5.74) is 0.559. The minimum atomic E-state index is -0.231. The van der Waals surface area contributed by atoms with E-state index in [2.05, 4.69) is 27.8 Å². The molecule has 0 unspecified atom stereocenters. The molecule has 1 fully saturated rings. The van der Waals surface area contributed by atoms with Crippen molar-refractivity contribution in [1.82, 2.24) is 9.88 Å². The first-order valence-electron chi connectivity index (χ1n) is 5.37. The molecule has 1 aromatic rings. The number of hydrogen-bond donors (Lipinski definition) is 0. The van der Waals surface area contributed by atoms with E-state index in [0.717, 1.165) is 12.8 Å². The molecule has 0 spiro atoms. The second-order valence-electron chi connectivity index (χ2n) is 3.60. The zero-order valence-corrected chi connectivity index (χ0v) is 17.6. The molecule has 2 heterocycles. The van der Waals surface area contributed by atoms with Gasteiger partial charge < -0.3 is 24.1 Å². The fourth-order valence-corrected chi connectivity index (χ4v) is 1.55. The van der Waals surface area contributed by atoms with Gasteiger partial charge in [-0.05, 0) is 6.42 Å². The van der Waals surface area contributed by atoms with Crippen molar-refractivity contribution < 1.29 is 58.6 Å². The number of hydrogen-bond acceptors (Lipinski definition) is 2. The molecule has 2 rings (SSSR count). The van der Waals surface area contributed by atoms with Crippen LogP contribution in [0.2, 0.25) is 0 Å². The van der Waals surface area contributed by atoms with E-state index in [0.29, 0.717) is 12.2 Å². The topological polar surface area (TPSA) is 41.9 Å². The summed E-state index contributed by atoms with van der Waals surface area (Å²) in [7, 11) is 0. The van der Waals surface area contributed by atoms with E-state index in [9.17, 15) is 4.79 Å². The molecule has 5 nitrogen and oxygen atoms in total. The largest absolute Gasteiger partial charge is 2.00 e. The first-order chi connectivity index (χ1) is 8.69. The van der Waals surface area contributed by atoms with Gasteiger partial charge >= 0.3 is 21.1 Å². The third-order valence-corrected chi connectivity index (χ3v) is 2.42. The third-order valence-electron chi connectivity index (χ3n) is 2.42. The fraction of sp³-hybridized carbons (Fsp3) is 0.286. The average Bonchev–Trinajstić information content (AvgIpc) is 2.89. The number of carbonyl (C=O) groups is 1. The van der Waals surface area contributed by atoms with E-state index >= 15 is 0 Å². The summed E-state index contributed by atoms with van der Waals surface area (Å²) in [4.78, 5) is 22.3. The Morgan fingerprint density at radius 1 is 1.52 bits per heavy atom. The molecule has 1 aromatic heterocycles. The summed E-state index contributed by atoms with van der Waals surface area (Å²) in [6.45, 7) is 17.2. The molecule has 21 heavy (non-hydrogen) atoms. The van der Waals surface area contributed by atoms with Gasteiger partial charge in [-0.2, -0.15) is 12.1 Å². The van der Waals surface area contributed by atoms with E-state index < -0.39 is 0 Å². The van der Waals surface area contributed by atoms with Crippen LogP contribution in [0.1, 0.15) is 12.8 Å². The monoisotopic (exact) mass is 528 g/mol. The fourth-order valence-electron chi connectivity index (χ4n) is 1.55. The number of nitrogens with zero attached hydrogens (tertiary/aromatic N) is 4. The van der Waals surface area contributed by atoms with Gasteiger partial charge in [0.2, 0.25) is 0 Å². The molecule has 1 aliphatic heterocycles. The van der Waals surface area contributed by atoms with Crippen molar-refractivity contribution in [3.8, 4) is 0 Å². The molecule has 1 amide bonds. The predicted molar refractivity (Wildman–Crippen MR) is 72.4 cm³/mol. The van der Waals surface area contributed by atoms with Crippen LogP contribution in [-0.2, 0) is 58.6 Å². The van der Waals surface area contributed by atoms with E-state index in [1.54, 1.807) is 12.1 Å². The standard InChI is InChI=1S/C7H9N2O.C6H3N2.CH3.W.Y/c1-6(10)9-5-3-4-7(9)8-2;1-7-6-3-2-4-8-5-6;;;/h7H,1,3-5H2;2-3,5H;1H3;;/q3*-1;+2;/t7-;;;;/m0..../s1. The van der Waals surface area contributed by atoms with Gasteiger partial charge in [0, 0.05) is 45.7 Å². The number of likely N-dealkylation sites (tertiary alicyclic amines) is 1. The van der Waals surface area contributed by atoms with E-state index in [1.807, 2.05) is 0 Å². The number of amides is 1. The maximum atomic E-state index is 10.7. The molecule has 0 saturated carbocycles. The zero-order valence-electron chi connectivity index (χ0n) is 11.8. The van der Waals surface area contributed by atoms with Gasteiger partial charge in [-0.1, -0.05) is 12.4 Å². The van der Waals surface area contributed by atoms with Crippen molar-refractivity contribution >= 4 is 11.6 Å². The number of pyridine rings is 1. The Labute approximate surface area is 166 Å². The van der Waals surface area contributed by atoms with Crippen LogP contribution in [0.5, 0.6) is 0 Å². The molecule has 0 bridgehead atoms. The van der Waals surface area contributed by atoms with Crippen LogP contribution in [0.25, 0.3) is 9.69 Å². The predicted octanol–water partition coefficient (Wildman–Crippen LogP) is 2.57. The smallest absolute Gasteiger partial charge is 0.406 e. The summed E-state index contributed by atoms with van der Waals surface area (Å²) in [5, 5.41) is 0. The second-order valence-corrected chi connectivity index (χ2v) is 3.60. The molecule has 1 saturated heterocycles. The van der Waals surface area contributed by atoms with Gasteiger partial charge in [0.1, 0.15) is 0 Å². The van der Waals surface area contributed by atoms with Crippen LogP contribution in [0.3, 0.4) is 0 Å². The average molecular weight is 528 g/mol. The minimum absolute atomic E-state index is 0. The molecule has 0 aliphatic carbocycles. The van der Waals surface area contributed by atoms with Gasteiger partial charge in [-0.15, -0.1) is 0 Å². The van der Waals surface area contributed by atoms with Crippen molar-refractivity contribution in [2.75, 3.05) is 6.54 Å². The van der Waals surface area contributed by atoms with E-state index in [4.69, 9.17) is 13.1 Å². The van der Waals surface area contributed by atoms with Crippen molar-refractivity contribution in [2.45, 2.75) is 19.0 Å². The zero-order chi connectivity index (χ0) is 13.4. The summed E-state index contributed by atoms with van der Waals surface area (Å²) in [5.74, 6) is -0.224. The normalized spacial score (nSPS) is 14.6. The van der Waals surface area contributed by atoms with Gasteiger partial charge in [0.15, 0.2) is 0 Å². The molecule has 1 radical (unpaired) electrons. The molecule has 107 valence electrons. The summed E-state index contributed by atoms with van der Waals surface area (Å²) >= 11 is 0. The molecule has 1 aliphatic rings. The van der Waals surface area contributed by atoms with Crippen LogP contribution in [0.15, 0.2) is 18.3 Å². The first kappa shape index (κ1) is 25.2. The number of aromatic nitrogens is 1. The number of carbonyl (C=O) groups excluding carboxylic acids is 1. The molecular formula is C14H15N4OWY-. The quantitative estimate of drug-likeness (QED) is 0.487. The second kappa shape index (κ2) is 14.2. The molecule has 0 aromatic carbocycles. The van der Waals surface area contributed by atoms with Gasteiger partial charge in [-0.25, -0.2) is 6.57 Å². The van der Waals surface area contributed by atoms with Crippen LogP contribution in [-0.4, -0.2) is 28.5 Å². The van der Waals surface area contributed by atoms with E-state index in [-0.39, 0.29) is 73.3 Å². The Hall–Kier alpha value is -0.738. The third kappa shape index (κ3) is 8.99. The van der Waals surface area contributed by atoms with Crippen LogP contribution >= 0.6 is 0 Å². The Balaban J connectivity index is -0.000000274. The Kier molecular flexibility index (Phi) is 17.1. The summed E-state index contributed by atoms with van der Waals surface area (Å²) in [6.07, 6.45) is 5.57. The van der Waals surface area contributed by atoms with Crippen molar-refractivity contribution in [2.24, 2.45) is 0 Å². The van der Waals surface area contributed by atoms with Crippen LogP contribution < -0.4 is 0 Å². The first-order valence-corrected chi connectivity index (χ1v) is 5.37. The van der Waals surface area contributed by atoms with Gasteiger partial charge in [-0.3, -0.25) is 14.6 Å². The maximum Gasteiger partial charge on any atom is 2.00 e. The van der Waals surface area contributed by atoms with Crippen molar-refractivity contribution in [3.05, 3.63) is 61.7 Å². The van der Waals surface area contributed by atoms with Crippen molar-refractivity contribution in [1.29, 1.82) is 0 Å². The molecular weight excluding hydrogens is 513 g/mol. The molecule has 1 atom stereocenters. The van der Waals surface area contributed by atoms with Crippen molar-refractivity contribution in [3.63, 3.8) is 0 Å². The molecule has 0 N–H and O–H groups in total. The number of rotatable bonds is 0. The Bertz CT molecular complexity index is 484. The van der Waals surface area contributed by atoms with Gasteiger partial charge in [0.25, 0.3) is 6.17 Å². The summed E-state index contributed by atoms with van der Waals surface area (Å²) in [6, 6.07) is 3.29. The Morgan fingerprint density at radius 3 is 2.52 bits per heavy atom. The van der Waals surface area contributed by atoms with E-state index in [1.165, 1.54) is 11.1 Å². The van der Waals surface area contributed by atoms with Gasteiger partial charge in [0.05, 0.1) is 18.2 Å². The van der Waals surface area contributed by atoms with Crippen LogP contribution in [0, 0.1) is 33.7 Å². The maximum absolute atomic E-state index is 10.7. The molecule has 7 heteroatoms.